The van der Waals surface area contributed by atoms with Gasteiger partial charge in [0.1, 0.15) is 17.4 Å². The summed E-state index contributed by atoms with van der Waals surface area (Å²) in [7, 11) is 0. The first-order chi connectivity index (χ1) is 13.8. The van der Waals surface area contributed by atoms with Crippen LogP contribution in [-0.4, -0.2) is 14.6 Å². The zero-order chi connectivity index (χ0) is 21.1. The Kier molecular flexibility index (Phi) is 5.23. The Morgan fingerprint density at radius 1 is 1.31 bits per heavy atom. The van der Waals surface area contributed by atoms with Gasteiger partial charge >= 0.3 is 0 Å². The van der Waals surface area contributed by atoms with Crippen LogP contribution in [0.3, 0.4) is 0 Å². The Balaban J connectivity index is 2.11. The number of nitriles is 1. The molecule has 0 unspecified atom stereocenters. The average molecular weight is 393 g/mol. The molecule has 0 aliphatic heterocycles. The highest BCUT2D eigenvalue weighted by molar-refractivity contribution is 5.57. The van der Waals surface area contributed by atoms with Crippen LogP contribution in [0.2, 0.25) is 0 Å². The van der Waals surface area contributed by atoms with Gasteiger partial charge in [-0.05, 0) is 32.0 Å². The van der Waals surface area contributed by atoms with Crippen LogP contribution in [0.4, 0.5) is 17.1 Å². The van der Waals surface area contributed by atoms with Crippen molar-refractivity contribution in [2.45, 2.75) is 20.4 Å². The van der Waals surface area contributed by atoms with Gasteiger partial charge in [0.2, 0.25) is 5.88 Å². The molecule has 3 rings (SSSR count). The molecule has 0 spiro atoms. The number of benzene rings is 1. The number of aromatic nitrogens is 1. The minimum Gasteiger partial charge on any atom is -0.493 e. The summed E-state index contributed by atoms with van der Waals surface area (Å²) in [6, 6.07) is 9.37. The van der Waals surface area contributed by atoms with Crippen molar-refractivity contribution in [3.63, 3.8) is 0 Å². The average Bonchev–Trinajstić information content (AvgIpc) is 3.19. The maximum atomic E-state index is 12.8. The first kappa shape index (κ1) is 19.5. The summed E-state index contributed by atoms with van der Waals surface area (Å²) in [5.74, 6) is -0.108. The molecule has 2 aromatic heterocycles. The molecule has 0 amide bonds. The zero-order valence-corrected chi connectivity index (χ0v) is 15.5. The minimum atomic E-state index is -0.680. The molecule has 10 heteroatoms. The number of rotatable bonds is 5. The topological polar surface area (TPSA) is 147 Å². The Labute approximate surface area is 164 Å². The molecule has 0 aliphatic rings. The third-order valence-electron chi connectivity index (χ3n) is 4.32. The lowest BCUT2D eigenvalue weighted by molar-refractivity contribution is -0.385. The van der Waals surface area contributed by atoms with E-state index in [-0.39, 0.29) is 34.7 Å². The predicted molar refractivity (Wildman–Crippen MR) is 102 cm³/mol. The van der Waals surface area contributed by atoms with Gasteiger partial charge in [-0.25, -0.2) is 0 Å². The first-order valence-electron chi connectivity index (χ1n) is 8.39. The van der Waals surface area contributed by atoms with Crippen molar-refractivity contribution in [3.8, 4) is 11.9 Å². The van der Waals surface area contributed by atoms with E-state index in [1.807, 2.05) is 6.07 Å². The molecule has 0 saturated heterocycles. The highest BCUT2D eigenvalue weighted by Gasteiger charge is 2.20. The van der Waals surface area contributed by atoms with Gasteiger partial charge in [0, 0.05) is 17.2 Å². The van der Waals surface area contributed by atoms with Crippen molar-refractivity contribution in [2.75, 3.05) is 0 Å². The normalized spacial score (nSPS) is 10.9. The van der Waals surface area contributed by atoms with Crippen molar-refractivity contribution in [1.82, 2.24) is 4.57 Å². The van der Waals surface area contributed by atoms with E-state index in [2.05, 4.69) is 10.2 Å². The van der Waals surface area contributed by atoms with Crippen LogP contribution < -0.4 is 5.56 Å². The van der Waals surface area contributed by atoms with E-state index >= 15 is 0 Å². The number of hydrogen-bond donors (Lipinski definition) is 1. The molecule has 3 aromatic rings. The van der Waals surface area contributed by atoms with Crippen LogP contribution in [0, 0.1) is 35.3 Å². The number of pyridine rings is 1. The van der Waals surface area contributed by atoms with Crippen LogP contribution in [0.1, 0.15) is 22.5 Å². The van der Waals surface area contributed by atoms with E-state index in [9.17, 15) is 25.3 Å². The number of nitrogens with zero attached hydrogens (tertiary/aromatic N) is 5. The number of hydrogen-bond acceptors (Lipinski definition) is 8. The van der Waals surface area contributed by atoms with Gasteiger partial charge < -0.3 is 9.52 Å². The summed E-state index contributed by atoms with van der Waals surface area (Å²) in [4.78, 5) is 23.4. The molecule has 0 aliphatic carbocycles. The molecule has 0 saturated carbocycles. The van der Waals surface area contributed by atoms with E-state index < -0.39 is 16.4 Å². The fourth-order valence-electron chi connectivity index (χ4n) is 2.73. The van der Waals surface area contributed by atoms with E-state index in [0.717, 1.165) is 4.57 Å². The number of nitro benzene ring substituents is 1. The summed E-state index contributed by atoms with van der Waals surface area (Å²) in [6.45, 7) is 2.95. The van der Waals surface area contributed by atoms with E-state index in [4.69, 9.17) is 4.42 Å². The third kappa shape index (κ3) is 3.74. The van der Waals surface area contributed by atoms with Crippen molar-refractivity contribution in [1.29, 1.82) is 5.26 Å². The summed E-state index contributed by atoms with van der Waals surface area (Å²) in [5, 5.41) is 38.6. The SMILES string of the molecule is Cc1ccc(N=Nc2c(C)c(C#N)c(O)n(Cc3ccco3)c2=O)cc1[N+](=O)[O-]. The molecule has 0 bridgehead atoms. The Hall–Kier alpha value is -4.26. The smallest absolute Gasteiger partial charge is 0.281 e. The number of azo groups is 1. The number of nitro groups is 1. The Morgan fingerprint density at radius 3 is 2.69 bits per heavy atom. The fraction of sp³-hybridized carbons (Fsp3) is 0.158. The van der Waals surface area contributed by atoms with Gasteiger partial charge in [-0.2, -0.15) is 10.4 Å². The van der Waals surface area contributed by atoms with Crippen molar-refractivity contribution >= 4 is 17.1 Å². The summed E-state index contributed by atoms with van der Waals surface area (Å²) in [5.41, 5.74) is -0.310. The second-order valence-corrected chi connectivity index (χ2v) is 6.18. The summed E-state index contributed by atoms with van der Waals surface area (Å²) in [6.07, 6.45) is 1.42. The highest BCUT2D eigenvalue weighted by atomic mass is 16.6. The molecule has 0 radical (unpaired) electrons. The van der Waals surface area contributed by atoms with Crippen molar-refractivity contribution < 1.29 is 14.4 Å². The molecular formula is C19H15N5O5. The lowest BCUT2D eigenvalue weighted by Gasteiger charge is -2.11. The second kappa shape index (κ2) is 7.77. The lowest BCUT2D eigenvalue weighted by atomic mass is 10.1. The van der Waals surface area contributed by atoms with Gasteiger partial charge in [0.15, 0.2) is 5.69 Å². The minimum absolute atomic E-state index is 0.106. The number of furan rings is 1. The van der Waals surface area contributed by atoms with Gasteiger partial charge in [0.25, 0.3) is 11.2 Å². The van der Waals surface area contributed by atoms with Crippen LogP contribution in [0.5, 0.6) is 5.88 Å². The van der Waals surface area contributed by atoms with Crippen LogP contribution in [0.15, 0.2) is 56.0 Å². The second-order valence-electron chi connectivity index (χ2n) is 6.18. The maximum absolute atomic E-state index is 12.8. The van der Waals surface area contributed by atoms with Crippen LogP contribution in [0.25, 0.3) is 0 Å². The highest BCUT2D eigenvalue weighted by Crippen LogP contribution is 2.29. The van der Waals surface area contributed by atoms with Crippen molar-refractivity contribution in [3.05, 3.63) is 79.5 Å². The quantitative estimate of drug-likeness (QED) is 0.393. The largest absolute Gasteiger partial charge is 0.493 e. The van der Waals surface area contributed by atoms with Gasteiger partial charge in [-0.1, -0.05) is 6.07 Å². The van der Waals surface area contributed by atoms with Crippen molar-refractivity contribution in [2.24, 2.45) is 10.2 Å². The van der Waals surface area contributed by atoms with Gasteiger partial charge in [0.05, 0.1) is 23.4 Å². The molecule has 1 aromatic carbocycles. The molecule has 0 atom stereocenters. The number of aromatic hydroxyl groups is 1. The van der Waals surface area contributed by atoms with E-state index in [1.165, 1.54) is 31.4 Å². The van der Waals surface area contributed by atoms with Crippen LogP contribution in [-0.2, 0) is 6.54 Å². The predicted octanol–water partition coefficient (Wildman–Crippen LogP) is 4.01. The Bertz CT molecular complexity index is 1220. The summed E-state index contributed by atoms with van der Waals surface area (Å²) < 4.78 is 6.15. The molecule has 2 heterocycles. The standard InChI is InChI=1S/C19H15N5O5/c1-11-5-6-13(8-16(11)24(27)28)21-22-17-12(2)15(9-20)18(25)23(19(17)26)10-14-4-3-7-29-14/h3-8,25H,10H2,1-2H3. The lowest BCUT2D eigenvalue weighted by Crippen LogP contribution is -2.22. The summed E-state index contributed by atoms with van der Waals surface area (Å²) >= 11 is 0. The molecule has 146 valence electrons. The Morgan fingerprint density at radius 2 is 2.07 bits per heavy atom. The monoisotopic (exact) mass is 393 g/mol. The molecule has 10 nitrogen and oxygen atoms in total. The van der Waals surface area contributed by atoms with Crippen LogP contribution >= 0.6 is 0 Å². The van der Waals surface area contributed by atoms with Gasteiger partial charge in [-0.3, -0.25) is 19.5 Å². The third-order valence-corrected chi connectivity index (χ3v) is 4.32. The number of aryl methyl sites for hydroxylation is 1. The first-order valence-corrected chi connectivity index (χ1v) is 8.39. The molecular weight excluding hydrogens is 378 g/mol. The molecule has 0 fully saturated rings. The maximum Gasteiger partial charge on any atom is 0.281 e. The van der Waals surface area contributed by atoms with Gasteiger partial charge in [-0.15, -0.1) is 5.11 Å². The fourth-order valence-corrected chi connectivity index (χ4v) is 2.73. The van der Waals surface area contributed by atoms with E-state index in [0.29, 0.717) is 11.3 Å². The molecule has 29 heavy (non-hydrogen) atoms. The zero-order valence-electron chi connectivity index (χ0n) is 15.5. The molecule has 1 N–H and O–H groups in total. The van der Waals surface area contributed by atoms with E-state index in [1.54, 1.807) is 19.1 Å².